The normalized spacial score (nSPS) is 12.6. The molecule has 84 valence electrons. The van der Waals surface area contributed by atoms with Gasteiger partial charge in [-0.25, -0.2) is 0 Å². The average Bonchev–Trinajstić information content (AvgIpc) is 2.74. The molecule has 0 aliphatic heterocycles. The molecule has 0 amide bonds. The summed E-state index contributed by atoms with van der Waals surface area (Å²) in [6, 6.07) is 14.8. The number of nitrogens with two attached hydrogens (primary N) is 1. The van der Waals surface area contributed by atoms with Crippen molar-refractivity contribution in [2.24, 2.45) is 5.73 Å². The van der Waals surface area contributed by atoms with E-state index >= 15 is 0 Å². The zero-order valence-electron chi connectivity index (χ0n) is 9.22. The largest absolute Gasteiger partial charge is 0.329 e. The summed E-state index contributed by atoms with van der Waals surface area (Å²) in [5, 5.41) is 0.376. The quantitative estimate of drug-likeness (QED) is 0.833. The van der Waals surface area contributed by atoms with Crippen LogP contribution in [-0.2, 0) is 0 Å². The highest BCUT2D eigenvalue weighted by molar-refractivity contribution is 7.99. The van der Waals surface area contributed by atoms with E-state index in [-0.39, 0.29) is 0 Å². The molecule has 0 saturated carbocycles. The van der Waals surface area contributed by atoms with Crippen LogP contribution in [0, 0.1) is 6.92 Å². The first kappa shape index (κ1) is 11.7. The fourth-order valence-corrected chi connectivity index (χ4v) is 3.61. The van der Waals surface area contributed by atoms with Gasteiger partial charge in [0.05, 0.1) is 5.25 Å². The second-order valence-corrected chi connectivity index (χ2v) is 6.20. The lowest BCUT2D eigenvalue weighted by Crippen LogP contribution is -2.07. The van der Waals surface area contributed by atoms with Crippen LogP contribution < -0.4 is 5.73 Å². The zero-order valence-corrected chi connectivity index (χ0v) is 10.9. The molecule has 0 spiro atoms. The minimum Gasteiger partial charge on any atom is -0.329 e. The molecule has 1 aromatic heterocycles. The zero-order chi connectivity index (χ0) is 11.4. The standard InChI is InChI=1S/C13H15NS2/c1-10-7-8-12(15-10)13(9-14)16-11-5-3-2-4-6-11/h2-8,13H,9,14H2,1H3. The van der Waals surface area contributed by atoms with Gasteiger partial charge in [-0.15, -0.1) is 23.1 Å². The minimum absolute atomic E-state index is 0.376. The lowest BCUT2D eigenvalue weighted by molar-refractivity contribution is 0.960. The van der Waals surface area contributed by atoms with Gasteiger partial charge >= 0.3 is 0 Å². The summed E-state index contributed by atoms with van der Waals surface area (Å²) >= 11 is 3.68. The summed E-state index contributed by atoms with van der Waals surface area (Å²) in [7, 11) is 0. The number of aryl methyl sites for hydroxylation is 1. The summed E-state index contributed by atoms with van der Waals surface area (Å²) in [6.07, 6.45) is 0. The van der Waals surface area contributed by atoms with Gasteiger partial charge in [-0.3, -0.25) is 0 Å². The third-order valence-corrected chi connectivity index (χ3v) is 4.85. The van der Waals surface area contributed by atoms with E-state index in [1.165, 1.54) is 14.6 Å². The summed E-state index contributed by atoms with van der Waals surface area (Å²) in [4.78, 5) is 4.00. The Balaban J connectivity index is 2.12. The predicted molar refractivity (Wildman–Crippen MR) is 73.2 cm³/mol. The second kappa shape index (κ2) is 5.53. The van der Waals surface area contributed by atoms with E-state index in [2.05, 4.69) is 43.3 Å². The lowest BCUT2D eigenvalue weighted by Gasteiger charge is -2.12. The van der Waals surface area contributed by atoms with Crippen LogP contribution >= 0.6 is 23.1 Å². The van der Waals surface area contributed by atoms with Gasteiger partial charge in [0, 0.05) is 21.2 Å². The van der Waals surface area contributed by atoms with Gasteiger partial charge in [-0.2, -0.15) is 0 Å². The van der Waals surface area contributed by atoms with Crippen LogP contribution in [0.3, 0.4) is 0 Å². The van der Waals surface area contributed by atoms with Crippen molar-refractivity contribution < 1.29 is 0 Å². The third kappa shape index (κ3) is 2.88. The van der Waals surface area contributed by atoms with Gasteiger partial charge < -0.3 is 5.73 Å². The van der Waals surface area contributed by atoms with Gasteiger partial charge in [-0.05, 0) is 31.2 Å². The highest BCUT2D eigenvalue weighted by Crippen LogP contribution is 2.37. The molecule has 1 heterocycles. The van der Waals surface area contributed by atoms with Crippen LogP contribution in [0.25, 0.3) is 0 Å². The van der Waals surface area contributed by atoms with Crippen LogP contribution in [0.4, 0.5) is 0 Å². The van der Waals surface area contributed by atoms with E-state index in [0.717, 1.165) is 0 Å². The number of benzene rings is 1. The van der Waals surface area contributed by atoms with Crippen LogP contribution in [0.15, 0.2) is 47.4 Å². The van der Waals surface area contributed by atoms with Crippen molar-refractivity contribution in [3.8, 4) is 0 Å². The maximum absolute atomic E-state index is 5.85. The molecule has 1 aromatic carbocycles. The van der Waals surface area contributed by atoms with Crippen LogP contribution in [0.5, 0.6) is 0 Å². The number of hydrogen-bond donors (Lipinski definition) is 1. The monoisotopic (exact) mass is 249 g/mol. The fraction of sp³-hybridized carbons (Fsp3) is 0.231. The molecule has 2 N–H and O–H groups in total. The summed E-state index contributed by atoms with van der Waals surface area (Å²) < 4.78 is 0. The van der Waals surface area contributed by atoms with E-state index in [9.17, 15) is 0 Å². The molecule has 0 bridgehead atoms. The Morgan fingerprint density at radius 3 is 2.50 bits per heavy atom. The Hall–Kier alpha value is -0.770. The molecule has 0 saturated heterocycles. The maximum Gasteiger partial charge on any atom is 0.0560 e. The number of hydrogen-bond acceptors (Lipinski definition) is 3. The van der Waals surface area contributed by atoms with Crippen molar-refractivity contribution in [2.45, 2.75) is 17.1 Å². The first-order valence-electron chi connectivity index (χ1n) is 5.27. The molecule has 1 atom stereocenters. The Morgan fingerprint density at radius 2 is 1.94 bits per heavy atom. The van der Waals surface area contributed by atoms with Crippen molar-refractivity contribution in [3.05, 3.63) is 52.2 Å². The van der Waals surface area contributed by atoms with E-state index < -0.39 is 0 Å². The van der Waals surface area contributed by atoms with E-state index in [1.54, 1.807) is 0 Å². The van der Waals surface area contributed by atoms with Gasteiger partial charge in [0.1, 0.15) is 0 Å². The fourth-order valence-electron chi connectivity index (χ4n) is 1.51. The number of thiophene rings is 1. The average molecular weight is 249 g/mol. The van der Waals surface area contributed by atoms with Crippen LogP contribution in [0.2, 0.25) is 0 Å². The predicted octanol–water partition coefficient (Wildman–Crippen LogP) is 3.85. The first-order chi connectivity index (χ1) is 7.79. The Bertz CT molecular complexity index is 436. The molecule has 2 rings (SSSR count). The van der Waals surface area contributed by atoms with Crippen molar-refractivity contribution >= 4 is 23.1 Å². The molecule has 0 aliphatic rings. The van der Waals surface area contributed by atoms with Gasteiger partial charge in [0.2, 0.25) is 0 Å². The smallest absolute Gasteiger partial charge is 0.0560 e. The number of rotatable bonds is 4. The lowest BCUT2D eigenvalue weighted by atomic mass is 10.3. The molecule has 0 radical (unpaired) electrons. The van der Waals surface area contributed by atoms with Crippen LogP contribution in [-0.4, -0.2) is 6.54 Å². The first-order valence-corrected chi connectivity index (χ1v) is 6.97. The van der Waals surface area contributed by atoms with Crippen molar-refractivity contribution in [3.63, 3.8) is 0 Å². The highest BCUT2D eigenvalue weighted by Gasteiger charge is 2.12. The maximum atomic E-state index is 5.85. The van der Waals surface area contributed by atoms with Gasteiger partial charge in [-0.1, -0.05) is 18.2 Å². The van der Waals surface area contributed by atoms with E-state index in [4.69, 9.17) is 5.73 Å². The molecule has 0 aliphatic carbocycles. The molecule has 3 heteroatoms. The van der Waals surface area contributed by atoms with Crippen molar-refractivity contribution in [1.82, 2.24) is 0 Å². The Morgan fingerprint density at radius 1 is 1.19 bits per heavy atom. The highest BCUT2D eigenvalue weighted by atomic mass is 32.2. The van der Waals surface area contributed by atoms with Gasteiger partial charge in [0.15, 0.2) is 0 Å². The Kier molecular flexibility index (Phi) is 4.04. The topological polar surface area (TPSA) is 26.0 Å². The minimum atomic E-state index is 0.376. The van der Waals surface area contributed by atoms with E-state index in [0.29, 0.717) is 11.8 Å². The second-order valence-electron chi connectivity index (χ2n) is 3.60. The Labute approximate surface area is 105 Å². The van der Waals surface area contributed by atoms with E-state index in [1.807, 2.05) is 29.2 Å². The number of thioether (sulfide) groups is 1. The summed E-state index contributed by atoms with van der Waals surface area (Å²) in [6.45, 7) is 2.81. The summed E-state index contributed by atoms with van der Waals surface area (Å²) in [5.74, 6) is 0. The SMILES string of the molecule is Cc1ccc(C(CN)Sc2ccccc2)s1. The van der Waals surface area contributed by atoms with Gasteiger partial charge in [0.25, 0.3) is 0 Å². The molecule has 16 heavy (non-hydrogen) atoms. The third-order valence-electron chi connectivity index (χ3n) is 2.31. The van der Waals surface area contributed by atoms with Crippen LogP contribution in [0.1, 0.15) is 15.0 Å². The van der Waals surface area contributed by atoms with Crippen molar-refractivity contribution in [2.75, 3.05) is 6.54 Å². The summed E-state index contributed by atoms with van der Waals surface area (Å²) in [5.41, 5.74) is 5.85. The molecule has 1 nitrogen and oxygen atoms in total. The molecule has 2 aromatic rings. The molecular formula is C13H15NS2. The van der Waals surface area contributed by atoms with Crippen molar-refractivity contribution in [1.29, 1.82) is 0 Å². The molecule has 0 fully saturated rings. The molecular weight excluding hydrogens is 234 g/mol. The molecule has 1 unspecified atom stereocenters.